The Balaban J connectivity index is 2.01. The maximum Gasteiger partial charge on any atom is 0.220 e. The first-order chi connectivity index (χ1) is 14.9. The molecule has 0 radical (unpaired) electrons. The molecule has 5 nitrogen and oxygen atoms in total. The Bertz CT molecular complexity index is 954. The summed E-state index contributed by atoms with van der Waals surface area (Å²) in [6, 6.07) is 7.73. The van der Waals surface area contributed by atoms with E-state index in [4.69, 9.17) is 4.74 Å². The van der Waals surface area contributed by atoms with Crippen LogP contribution in [0, 0.1) is 25.1 Å². The molecule has 1 aliphatic heterocycles. The predicted molar refractivity (Wildman–Crippen MR) is 127 cm³/mol. The third-order valence-electron chi connectivity index (χ3n) is 5.53. The topological polar surface area (TPSA) is 54.5 Å². The Morgan fingerprint density at radius 1 is 1.16 bits per heavy atom. The number of hydrogen-bond acceptors (Lipinski definition) is 4. The molecule has 0 spiro atoms. The van der Waals surface area contributed by atoms with Crippen molar-refractivity contribution in [3.63, 3.8) is 0 Å². The number of anilines is 1. The number of benzene rings is 1. The van der Waals surface area contributed by atoms with E-state index in [0.717, 1.165) is 22.5 Å². The highest BCUT2D eigenvalue weighted by atomic mass is 19.1. The van der Waals surface area contributed by atoms with Crippen LogP contribution in [0.1, 0.15) is 58.0 Å². The van der Waals surface area contributed by atoms with E-state index < -0.39 is 0 Å². The summed E-state index contributed by atoms with van der Waals surface area (Å²) in [5.74, 6) is -0.365. The van der Waals surface area contributed by atoms with Crippen molar-refractivity contribution in [1.29, 1.82) is 0 Å². The van der Waals surface area contributed by atoms with Crippen LogP contribution in [0.4, 0.5) is 10.1 Å². The van der Waals surface area contributed by atoms with Crippen molar-refractivity contribution in [2.45, 2.75) is 73.6 Å². The van der Waals surface area contributed by atoms with E-state index in [2.05, 4.69) is 10.3 Å². The fourth-order valence-electron chi connectivity index (χ4n) is 4.39. The van der Waals surface area contributed by atoms with Crippen LogP contribution in [0.15, 0.2) is 24.3 Å². The van der Waals surface area contributed by atoms with Crippen molar-refractivity contribution in [3.8, 4) is 11.1 Å². The lowest BCUT2D eigenvalue weighted by atomic mass is 9.92. The van der Waals surface area contributed by atoms with E-state index in [1.807, 2.05) is 77.6 Å². The van der Waals surface area contributed by atoms with E-state index in [-0.39, 0.29) is 35.9 Å². The number of nitrogens with zero attached hydrogens (tertiary/aromatic N) is 2. The summed E-state index contributed by atoms with van der Waals surface area (Å²) < 4.78 is 21.8. The van der Waals surface area contributed by atoms with Crippen LogP contribution < -0.4 is 10.2 Å². The highest BCUT2D eigenvalue weighted by molar-refractivity contribution is 5.78. The lowest BCUT2D eigenvalue weighted by Crippen LogP contribution is -2.46. The Labute approximate surface area is 191 Å². The fraction of sp³-hybridized carbons (Fsp3) is 0.538. The molecule has 2 atom stereocenters. The van der Waals surface area contributed by atoms with Crippen LogP contribution in [0.5, 0.6) is 0 Å². The molecular weight excluding hydrogens is 405 g/mol. The second kappa shape index (κ2) is 9.57. The van der Waals surface area contributed by atoms with Crippen LogP contribution in [0.3, 0.4) is 0 Å². The van der Waals surface area contributed by atoms with E-state index >= 15 is 4.39 Å². The van der Waals surface area contributed by atoms with Crippen molar-refractivity contribution >= 4 is 11.6 Å². The Morgan fingerprint density at radius 3 is 2.31 bits per heavy atom. The quantitative estimate of drug-likeness (QED) is 0.695. The maximum absolute atomic E-state index is 16.0. The van der Waals surface area contributed by atoms with Crippen molar-refractivity contribution in [1.82, 2.24) is 10.3 Å². The number of amides is 1. The largest absolute Gasteiger partial charge is 0.372 e. The van der Waals surface area contributed by atoms with Gasteiger partial charge in [0.25, 0.3) is 0 Å². The fourth-order valence-corrected chi connectivity index (χ4v) is 4.39. The normalized spacial score (nSPS) is 19.2. The molecule has 6 heteroatoms. The number of pyridine rings is 1. The second-order valence-corrected chi connectivity index (χ2v) is 10.2. The van der Waals surface area contributed by atoms with Gasteiger partial charge in [-0.2, -0.15) is 0 Å². The first-order valence-corrected chi connectivity index (χ1v) is 11.4. The summed E-state index contributed by atoms with van der Waals surface area (Å²) in [6.45, 7) is 15.3. The molecule has 174 valence electrons. The highest BCUT2D eigenvalue weighted by Gasteiger charge is 2.26. The van der Waals surface area contributed by atoms with Crippen LogP contribution >= 0.6 is 0 Å². The number of nitrogens with one attached hydrogen (secondary N) is 1. The van der Waals surface area contributed by atoms with Crippen molar-refractivity contribution < 1.29 is 13.9 Å². The van der Waals surface area contributed by atoms with Crippen molar-refractivity contribution in [2.24, 2.45) is 5.41 Å². The van der Waals surface area contributed by atoms with Crippen molar-refractivity contribution in [3.05, 3.63) is 47.0 Å². The number of carbonyl (C=O) groups is 1. The number of carbonyl (C=O) groups excluding carboxylic acids is 1. The van der Waals surface area contributed by atoms with Gasteiger partial charge < -0.3 is 15.0 Å². The molecular formula is C26H36FN3O2. The monoisotopic (exact) mass is 441 g/mol. The Morgan fingerprint density at radius 2 is 1.75 bits per heavy atom. The minimum Gasteiger partial charge on any atom is -0.372 e. The number of rotatable bonds is 5. The molecule has 1 aliphatic rings. The van der Waals surface area contributed by atoms with E-state index in [0.29, 0.717) is 30.8 Å². The zero-order chi connectivity index (χ0) is 23.6. The summed E-state index contributed by atoms with van der Waals surface area (Å²) in [7, 11) is 0. The van der Waals surface area contributed by atoms with Gasteiger partial charge in [0.05, 0.1) is 17.9 Å². The van der Waals surface area contributed by atoms with Gasteiger partial charge in [0.15, 0.2) is 5.82 Å². The first-order valence-electron chi connectivity index (χ1n) is 11.4. The van der Waals surface area contributed by atoms with Crippen LogP contribution in [-0.2, 0) is 16.1 Å². The number of aromatic nitrogens is 1. The Hall–Kier alpha value is -2.47. The predicted octanol–water partition coefficient (Wildman–Crippen LogP) is 5.17. The molecule has 1 aromatic carbocycles. The van der Waals surface area contributed by atoms with Crippen LogP contribution in [0.2, 0.25) is 0 Å². The zero-order valence-corrected chi connectivity index (χ0v) is 20.4. The number of aryl methyl sites for hydroxylation is 2. The lowest BCUT2D eigenvalue weighted by molar-refractivity contribution is -0.122. The van der Waals surface area contributed by atoms with Gasteiger partial charge >= 0.3 is 0 Å². The molecule has 0 bridgehead atoms. The minimum absolute atomic E-state index is 0.0262. The standard InChI is InChI=1S/C26H36FN3O2/c1-16-10-20(11-17(2)29-16)21-8-9-23(30-14-18(3)32-19(4)15-30)25(27)22(21)13-28-24(31)12-26(5,6)7/h8-11,18-19H,12-15H2,1-7H3,(H,28,31)/t18-,19+. The lowest BCUT2D eigenvalue weighted by Gasteiger charge is -2.37. The molecule has 1 saturated heterocycles. The molecule has 3 rings (SSSR count). The summed E-state index contributed by atoms with van der Waals surface area (Å²) in [4.78, 5) is 19.0. The van der Waals surface area contributed by atoms with Gasteiger partial charge in [-0.25, -0.2) is 4.39 Å². The van der Waals surface area contributed by atoms with Gasteiger partial charge in [0.2, 0.25) is 5.91 Å². The molecule has 1 N–H and O–H groups in total. The van der Waals surface area contributed by atoms with E-state index in [1.165, 1.54) is 0 Å². The van der Waals surface area contributed by atoms with E-state index in [9.17, 15) is 4.79 Å². The van der Waals surface area contributed by atoms with Gasteiger partial charge in [0.1, 0.15) is 0 Å². The number of ether oxygens (including phenoxy) is 1. The number of morpholine rings is 1. The third kappa shape index (κ3) is 6.06. The second-order valence-electron chi connectivity index (χ2n) is 10.2. The summed E-state index contributed by atoms with van der Waals surface area (Å²) in [5, 5.41) is 2.95. The van der Waals surface area contributed by atoms with Gasteiger partial charge in [0, 0.05) is 43.0 Å². The average molecular weight is 442 g/mol. The number of halogens is 1. The number of hydrogen-bond donors (Lipinski definition) is 1. The highest BCUT2D eigenvalue weighted by Crippen LogP contribution is 2.34. The van der Waals surface area contributed by atoms with Gasteiger partial charge in [-0.15, -0.1) is 0 Å². The molecule has 1 fully saturated rings. The summed E-state index contributed by atoms with van der Waals surface area (Å²) >= 11 is 0. The molecule has 0 aliphatic carbocycles. The molecule has 0 saturated carbocycles. The summed E-state index contributed by atoms with van der Waals surface area (Å²) in [6.07, 6.45) is 0.437. The third-order valence-corrected chi connectivity index (χ3v) is 5.53. The molecule has 2 aromatic rings. The van der Waals surface area contributed by atoms with E-state index in [1.54, 1.807) is 0 Å². The Kier molecular flexibility index (Phi) is 7.23. The molecule has 2 heterocycles. The van der Waals surface area contributed by atoms with Crippen LogP contribution in [0.25, 0.3) is 11.1 Å². The zero-order valence-electron chi connectivity index (χ0n) is 20.4. The first kappa shape index (κ1) is 24.2. The SMILES string of the molecule is Cc1cc(-c2ccc(N3C[C@@H](C)O[C@@H](C)C3)c(F)c2CNC(=O)CC(C)(C)C)cc(C)n1. The summed E-state index contributed by atoms with van der Waals surface area (Å²) in [5.41, 5.74) is 4.37. The van der Waals surface area contributed by atoms with Gasteiger partial charge in [-0.1, -0.05) is 26.8 Å². The van der Waals surface area contributed by atoms with Gasteiger partial charge in [-0.3, -0.25) is 9.78 Å². The molecule has 1 amide bonds. The maximum atomic E-state index is 16.0. The molecule has 1 aromatic heterocycles. The smallest absolute Gasteiger partial charge is 0.220 e. The van der Waals surface area contributed by atoms with Crippen LogP contribution in [-0.4, -0.2) is 36.2 Å². The van der Waals surface area contributed by atoms with Gasteiger partial charge in [-0.05, 0) is 62.4 Å². The minimum atomic E-state index is -0.285. The average Bonchev–Trinajstić information content (AvgIpc) is 2.63. The van der Waals surface area contributed by atoms with Crippen molar-refractivity contribution in [2.75, 3.05) is 18.0 Å². The molecule has 32 heavy (non-hydrogen) atoms. The molecule has 0 unspecified atom stereocenters.